The van der Waals surface area contributed by atoms with Gasteiger partial charge in [0.1, 0.15) is 10.6 Å². The van der Waals surface area contributed by atoms with Crippen LogP contribution in [0.1, 0.15) is 23.9 Å². The van der Waals surface area contributed by atoms with Crippen LogP contribution >= 0.6 is 0 Å². The van der Waals surface area contributed by atoms with E-state index in [1.165, 1.54) is 4.31 Å². The van der Waals surface area contributed by atoms with Gasteiger partial charge >= 0.3 is 0 Å². The minimum atomic E-state index is -3.57. The summed E-state index contributed by atoms with van der Waals surface area (Å²) in [4.78, 5) is 0.178. The number of hydrogen-bond donors (Lipinski definition) is 0. The summed E-state index contributed by atoms with van der Waals surface area (Å²) in [5, 5.41) is 11.4. The topological polar surface area (TPSA) is 94.1 Å². The van der Waals surface area contributed by atoms with Crippen LogP contribution in [0, 0.1) is 13.8 Å². The zero-order valence-corrected chi connectivity index (χ0v) is 12.0. The minimum absolute atomic E-state index is 0.0211. The maximum atomic E-state index is 12.6. The van der Waals surface area contributed by atoms with Crippen LogP contribution < -0.4 is 0 Å². The third-order valence-corrected chi connectivity index (χ3v) is 5.62. The van der Waals surface area contributed by atoms with Crippen LogP contribution in [0.25, 0.3) is 0 Å². The monoisotopic (exact) mass is 297 g/mol. The average Bonchev–Trinajstić information content (AvgIpc) is 3.08. The van der Waals surface area contributed by atoms with Crippen molar-refractivity contribution in [3.8, 4) is 0 Å². The molecule has 2 aromatic rings. The van der Waals surface area contributed by atoms with Crippen molar-refractivity contribution in [1.29, 1.82) is 0 Å². The molecule has 108 valence electrons. The lowest BCUT2D eigenvalue weighted by Crippen LogP contribution is -2.30. The van der Waals surface area contributed by atoms with E-state index < -0.39 is 10.0 Å². The molecule has 0 amide bonds. The first-order valence-corrected chi connectivity index (χ1v) is 7.73. The number of sulfonamides is 1. The van der Waals surface area contributed by atoms with Crippen molar-refractivity contribution < 1.29 is 12.9 Å². The lowest BCUT2D eigenvalue weighted by Gasteiger charge is -2.16. The molecule has 0 radical (unpaired) electrons. The molecular weight excluding hydrogens is 282 g/mol. The van der Waals surface area contributed by atoms with Crippen LogP contribution in [0.3, 0.4) is 0 Å². The molecule has 2 aromatic heterocycles. The van der Waals surface area contributed by atoms with Gasteiger partial charge in [0, 0.05) is 19.3 Å². The van der Waals surface area contributed by atoms with E-state index >= 15 is 0 Å². The van der Waals surface area contributed by atoms with Crippen LogP contribution in [0.5, 0.6) is 0 Å². The van der Waals surface area contributed by atoms with Gasteiger partial charge in [0.05, 0.1) is 12.2 Å². The summed E-state index contributed by atoms with van der Waals surface area (Å²) in [7, 11) is -3.57. The van der Waals surface area contributed by atoms with Crippen LogP contribution in [0.4, 0.5) is 0 Å². The summed E-state index contributed by atoms with van der Waals surface area (Å²) >= 11 is 0. The van der Waals surface area contributed by atoms with E-state index in [-0.39, 0.29) is 10.9 Å². The van der Waals surface area contributed by atoms with Crippen LogP contribution in [-0.4, -0.2) is 46.0 Å². The molecule has 1 atom stereocenters. The quantitative estimate of drug-likeness (QED) is 0.819. The zero-order valence-electron chi connectivity index (χ0n) is 11.2. The van der Waals surface area contributed by atoms with Gasteiger partial charge in [-0.15, -0.1) is 5.10 Å². The normalized spacial score (nSPS) is 20.6. The molecule has 8 nitrogen and oxygen atoms in total. The molecule has 3 rings (SSSR count). The number of nitrogens with zero attached hydrogens (tertiary/aromatic N) is 5. The Bertz CT molecular complexity index is 687. The van der Waals surface area contributed by atoms with E-state index in [0.717, 1.165) is 0 Å². The highest BCUT2D eigenvalue weighted by Crippen LogP contribution is 2.29. The third kappa shape index (κ3) is 2.02. The zero-order chi connectivity index (χ0) is 14.3. The molecule has 0 unspecified atom stereocenters. The van der Waals surface area contributed by atoms with E-state index in [1.54, 1.807) is 30.9 Å². The molecule has 9 heteroatoms. The molecule has 3 heterocycles. The highest BCUT2D eigenvalue weighted by atomic mass is 32.2. The molecule has 1 fully saturated rings. The van der Waals surface area contributed by atoms with E-state index in [2.05, 4.69) is 15.5 Å². The fourth-order valence-corrected chi connectivity index (χ4v) is 4.31. The van der Waals surface area contributed by atoms with Gasteiger partial charge in [-0.1, -0.05) is 10.4 Å². The highest BCUT2D eigenvalue weighted by molar-refractivity contribution is 7.89. The smallest absolute Gasteiger partial charge is 0.248 e. The Kier molecular flexibility index (Phi) is 3.09. The summed E-state index contributed by atoms with van der Waals surface area (Å²) in [6, 6.07) is 0.0211. The third-order valence-electron chi connectivity index (χ3n) is 3.51. The van der Waals surface area contributed by atoms with Crippen molar-refractivity contribution in [3.63, 3.8) is 0 Å². The number of hydrogen-bond acceptors (Lipinski definition) is 6. The Morgan fingerprint density at radius 3 is 2.80 bits per heavy atom. The summed E-state index contributed by atoms with van der Waals surface area (Å²) in [6.45, 7) is 4.08. The highest BCUT2D eigenvalue weighted by Gasteiger charge is 2.36. The number of rotatable bonds is 3. The molecule has 20 heavy (non-hydrogen) atoms. The first-order chi connectivity index (χ1) is 9.50. The Labute approximate surface area is 116 Å². The SMILES string of the molecule is Cc1noc(C)c1S(=O)(=O)N1CC[C@@H](n2ccnn2)C1. The van der Waals surface area contributed by atoms with Gasteiger partial charge in [-0.2, -0.15) is 4.31 Å². The number of aryl methyl sites for hydroxylation is 2. The van der Waals surface area contributed by atoms with Crippen LogP contribution in [0.15, 0.2) is 21.8 Å². The Balaban J connectivity index is 1.87. The Morgan fingerprint density at radius 2 is 2.20 bits per heavy atom. The summed E-state index contributed by atoms with van der Waals surface area (Å²) in [5.41, 5.74) is 0.395. The predicted octanol–water partition coefficient (Wildman–Crippen LogP) is 0.519. The van der Waals surface area contributed by atoms with Gasteiger partial charge in [-0.3, -0.25) is 0 Å². The van der Waals surface area contributed by atoms with Crippen LogP contribution in [0.2, 0.25) is 0 Å². The number of aromatic nitrogens is 4. The molecule has 0 aromatic carbocycles. The van der Waals surface area contributed by atoms with Gasteiger partial charge in [-0.05, 0) is 20.3 Å². The second kappa shape index (κ2) is 4.67. The van der Waals surface area contributed by atoms with Crippen molar-refractivity contribution in [1.82, 2.24) is 24.5 Å². The molecule has 1 aliphatic rings. The largest absolute Gasteiger partial charge is 0.360 e. The van der Waals surface area contributed by atoms with Crippen molar-refractivity contribution in [2.45, 2.75) is 31.2 Å². The second-order valence-corrected chi connectivity index (χ2v) is 6.72. The van der Waals surface area contributed by atoms with E-state index in [9.17, 15) is 8.42 Å². The molecule has 1 aliphatic heterocycles. The fourth-order valence-electron chi connectivity index (χ4n) is 2.53. The molecule has 0 spiro atoms. The average molecular weight is 297 g/mol. The predicted molar refractivity (Wildman–Crippen MR) is 68.4 cm³/mol. The maximum Gasteiger partial charge on any atom is 0.248 e. The molecule has 0 bridgehead atoms. The van der Waals surface area contributed by atoms with Crippen molar-refractivity contribution >= 4 is 10.0 Å². The lowest BCUT2D eigenvalue weighted by atomic mass is 10.3. The van der Waals surface area contributed by atoms with E-state index in [4.69, 9.17) is 4.52 Å². The van der Waals surface area contributed by atoms with Crippen molar-refractivity contribution in [2.24, 2.45) is 0 Å². The summed E-state index contributed by atoms with van der Waals surface area (Å²) < 4.78 is 33.4. The first-order valence-electron chi connectivity index (χ1n) is 6.29. The first kappa shape index (κ1) is 13.3. The molecular formula is C11H15N5O3S. The van der Waals surface area contributed by atoms with Gasteiger partial charge in [0.25, 0.3) is 0 Å². The van der Waals surface area contributed by atoms with E-state index in [0.29, 0.717) is 31.0 Å². The standard InChI is InChI=1S/C11H15N5O3S/c1-8-11(9(2)19-13-8)20(17,18)15-5-3-10(7-15)16-6-4-12-14-16/h4,6,10H,3,5,7H2,1-2H3/t10-/m1/s1. The molecule has 1 saturated heterocycles. The molecule has 0 saturated carbocycles. The van der Waals surface area contributed by atoms with Gasteiger partial charge < -0.3 is 4.52 Å². The minimum Gasteiger partial charge on any atom is -0.360 e. The maximum absolute atomic E-state index is 12.6. The summed E-state index contributed by atoms with van der Waals surface area (Å²) in [5.74, 6) is 0.326. The molecule has 0 aliphatic carbocycles. The van der Waals surface area contributed by atoms with Crippen molar-refractivity contribution in [3.05, 3.63) is 23.8 Å². The van der Waals surface area contributed by atoms with Gasteiger partial charge in [-0.25, -0.2) is 13.1 Å². The van der Waals surface area contributed by atoms with Gasteiger partial charge in [0.2, 0.25) is 10.0 Å². The van der Waals surface area contributed by atoms with E-state index in [1.807, 2.05) is 0 Å². The Hall–Kier alpha value is -1.74. The molecule has 0 N–H and O–H groups in total. The fraction of sp³-hybridized carbons (Fsp3) is 0.545. The second-order valence-electron chi connectivity index (χ2n) is 4.84. The van der Waals surface area contributed by atoms with Crippen LogP contribution in [-0.2, 0) is 10.0 Å². The van der Waals surface area contributed by atoms with Gasteiger partial charge in [0.15, 0.2) is 5.76 Å². The lowest BCUT2D eigenvalue weighted by molar-refractivity contribution is 0.389. The Morgan fingerprint density at radius 1 is 1.40 bits per heavy atom. The summed E-state index contributed by atoms with van der Waals surface area (Å²) in [6.07, 6.45) is 4.05. The van der Waals surface area contributed by atoms with Crippen molar-refractivity contribution in [2.75, 3.05) is 13.1 Å².